The van der Waals surface area contributed by atoms with Crippen LogP contribution in [0.1, 0.15) is 107 Å². The van der Waals surface area contributed by atoms with Crippen LogP contribution in [0.2, 0.25) is 28.7 Å². The molecule has 0 radical (unpaired) electrons. The van der Waals surface area contributed by atoms with Crippen LogP contribution in [0.5, 0.6) is 0 Å². The van der Waals surface area contributed by atoms with E-state index in [9.17, 15) is 0 Å². The highest BCUT2D eigenvalue weighted by molar-refractivity contribution is 6.83. The second-order valence-corrected chi connectivity index (χ2v) is 17.3. The molecular formula is C21H48OSi2. The van der Waals surface area contributed by atoms with Crippen LogP contribution in [-0.2, 0) is 4.12 Å². The van der Waals surface area contributed by atoms with Crippen molar-refractivity contribution in [3.63, 3.8) is 0 Å². The molecule has 0 saturated carbocycles. The molecule has 3 heteroatoms. The van der Waals surface area contributed by atoms with Crippen molar-refractivity contribution < 1.29 is 4.12 Å². The molecule has 24 heavy (non-hydrogen) atoms. The molecule has 0 aromatic carbocycles. The third-order valence-corrected chi connectivity index (χ3v) is 16.3. The van der Waals surface area contributed by atoms with Crippen LogP contribution < -0.4 is 0 Å². The predicted molar refractivity (Wildman–Crippen MR) is 117 cm³/mol. The maximum absolute atomic E-state index is 7.26. The first kappa shape index (κ1) is 24.4. The van der Waals surface area contributed by atoms with Crippen LogP contribution in [0.4, 0.5) is 0 Å². The van der Waals surface area contributed by atoms with E-state index in [0.29, 0.717) is 0 Å². The predicted octanol–water partition coefficient (Wildman–Crippen LogP) is 8.06. The molecule has 0 aliphatic rings. The van der Waals surface area contributed by atoms with E-state index < -0.39 is 17.4 Å². The van der Waals surface area contributed by atoms with Crippen molar-refractivity contribution >= 4 is 17.4 Å². The second-order valence-electron chi connectivity index (χ2n) is 8.76. The van der Waals surface area contributed by atoms with Gasteiger partial charge in [0.2, 0.25) is 0 Å². The number of rotatable bonds is 15. The van der Waals surface area contributed by atoms with Gasteiger partial charge >= 0.3 is 0 Å². The molecule has 0 aliphatic carbocycles. The van der Waals surface area contributed by atoms with Gasteiger partial charge < -0.3 is 4.12 Å². The van der Waals surface area contributed by atoms with Crippen LogP contribution in [-0.4, -0.2) is 17.4 Å². The highest BCUT2D eigenvalue weighted by Gasteiger charge is 2.46. The van der Waals surface area contributed by atoms with Crippen molar-refractivity contribution in [2.45, 2.75) is 135 Å². The second kappa shape index (κ2) is 13.6. The average Bonchev–Trinajstić information content (AvgIpc) is 2.51. The Morgan fingerprint density at radius 3 is 1.29 bits per heavy atom. The van der Waals surface area contributed by atoms with Crippen molar-refractivity contribution in [1.29, 1.82) is 0 Å². The monoisotopic (exact) mass is 372 g/mol. The average molecular weight is 373 g/mol. The molecule has 0 aliphatic heterocycles. The van der Waals surface area contributed by atoms with Gasteiger partial charge in [-0.2, -0.15) is 0 Å². The van der Waals surface area contributed by atoms with Crippen LogP contribution >= 0.6 is 0 Å². The van der Waals surface area contributed by atoms with Crippen LogP contribution in [0, 0.1) is 0 Å². The Morgan fingerprint density at radius 2 is 1.00 bits per heavy atom. The molecule has 0 rings (SSSR count). The summed E-state index contributed by atoms with van der Waals surface area (Å²) in [4.78, 5) is 0. The molecule has 1 nitrogen and oxygen atoms in total. The van der Waals surface area contributed by atoms with Crippen molar-refractivity contribution in [3.8, 4) is 0 Å². The van der Waals surface area contributed by atoms with Gasteiger partial charge in [-0.3, -0.25) is 0 Å². The lowest BCUT2D eigenvalue weighted by atomic mass is 10.2. The fourth-order valence-electron chi connectivity index (χ4n) is 4.56. The Kier molecular flexibility index (Phi) is 13.8. The summed E-state index contributed by atoms with van der Waals surface area (Å²) in [6.07, 6.45) is 11.1. The van der Waals surface area contributed by atoms with Crippen molar-refractivity contribution in [1.82, 2.24) is 0 Å². The molecule has 0 amide bonds. The van der Waals surface area contributed by atoms with Gasteiger partial charge in [0.15, 0.2) is 17.4 Å². The van der Waals surface area contributed by atoms with Crippen LogP contribution in [0.15, 0.2) is 0 Å². The minimum Gasteiger partial charge on any atom is -0.457 e. The smallest absolute Gasteiger partial charge is 0.187 e. The molecule has 0 fully saturated rings. The van der Waals surface area contributed by atoms with E-state index >= 15 is 0 Å². The first-order valence-corrected chi connectivity index (χ1v) is 15.2. The quantitative estimate of drug-likeness (QED) is 0.208. The molecule has 0 N–H and O–H groups in total. The summed E-state index contributed by atoms with van der Waals surface area (Å²) in [5.74, 6) is 0. The number of unbranched alkanes of at least 4 members (excludes halogenated alkanes) is 6. The van der Waals surface area contributed by atoms with Crippen molar-refractivity contribution in [2.24, 2.45) is 0 Å². The summed E-state index contributed by atoms with van der Waals surface area (Å²) < 4.78 is 7.26. The zero-order chi connectivity index (χ0) is 18.6. The van der Waals surface area contributed by atoms with Gasteiger partial charge in [-0.15, -0.1) is 0 Å². The van der Waals surface area contributed by atoms with E-state index in [-0.39, 0.29) is 0 Å². The Balaban J connectivity index is 4.92. The number of hydrogen-bond donors (Lipinski definition) is 0. The molecule has 0 saturated heterocycles. The largest absolute Gasteiger partial charge is 0.457 e. The normalized spacial score (nSPS) is 13.0. The van der Waals surface area contributed by atoms with E-state index in [4.69, 9.17) is 4.12 Å². The maximum atomic E-state index is 7.26. The lowest BCUT2D eigenvalue weighted by Crippen LogP contribution is -2.51. The Morgan fingerprint density at radius 1 is 0.625 bits per heavy atom. The van der Waals surface area contributed by atoms with E-state index in [0.717, 1.165) is 16.6 Å². The molecule has 0 heterocycles. The highest BCUT2D eigenvalue weighted by atomic mass is 28.4. The third-order valence-electron chi connectivity index (χ3n) is 5.84. The molecule has 0 aromatic heterocycles. The minimum absolute atomic E-state index is 0.735. The molecular weight excluding hydrogens is 324 g/mol. The fourth-order valence-corrected chi connectivity index (χ4v) is 16.9. The Hall–Kier alpha value is 0.394. The van der Waals surface area contributed by atoms with Crippen molar-refractivity contribution in [3.05, 3.63) is 0 Å². The molecule has 0 aromatic rings. The Labute approximate surface area is 157 Å². The van der Waals surface area contributed by atoms with Gasteiger partial charge in [0.1, 0.15) is 0 Å². The third kappa shape index (κ3) is 8.18. The van der Waals surface area contributed by atoms with Gasteiger partial charge in [0.05, 0.1) is 0 Å². The molecule has 0 unspecified atom stereocenters. The van der Waals surface area contributed by atoms with Crippen LogP contribution in [0.25, 0.3) is 0 Å². The van der Waals surface area contributed by atoms with Crippen LogP contribution in [0.3, 0.4) is 0 Å². The van der Waals surface area contributed by atoms with E-state index in [2.05, 4.69) is 55.4 Å². The SMILES string of the molecule is CCCCCC[SiH](CCCCCC)O[Si](C(C)C)(C(C)C)C(C)C. The summed E-state index contributed by atoms with van der Waals surface area (Å²) in [6, 6.07) is 2.85. The summed E-state index contributed by atoms with van der Waals surface area (Å²) in [7, 11) is -2.72. The van der Waals surface area contributed by atoms with E-state index in [1.54, 1.807) is 0 Å². The zero-order valence-corrected chi connectivity index (χ0v) is 20.4. The first-order chi connectivity index (χ1) is 11.3. The van der Waals surface area contributed by atoms with Crippen molar-refractivity contribution in [2.75, 3.05) is 0 Å². The lowest BCUT2D eigenvalue weighted by molar-refractivity contribution is 0.476. The Bertz CT molecular complexity index is 256. The number of hydrogen-bond acceptors (Lipinski definition) is 1. The van der Waals surface area contributed by atoms with E-state index in [1.807, 2.05) is 0 Å². The molecule has 146 valence electrons. The fraction of sp³-hybridized carbons (Fsp3) is 1.00. The lowest BCUT2D eigenvalue weighted by Gasteiger charge is -2.45. The summed E-state index contributed by atoms with van der Waals surface area (Å²) in [6.45, 7) is 19.2. The minimum atomic E-state index is -1.67. The zero-order valence-electron chi connectivity index (χ0n) is 18.3. The molecule has 0 spiro atoms. The first-order valence-electron chi connectivity index (χ1n) is 11.0. The van der Waals surface area contributed by atoms with Gasteiger partial charge in [0, 0.05) is 0 Å². The van der Waals surface area contributed by atoms with Gasteiger partial charge in [-0.1, -0.05) is 107 Å². The molecule has 0 bridgehead atoms. The highest BCUT2D eigenvalue weighted by Crippen LogP contribution is 2.43. The van der Waals surface area contributed by atoms with Gasteiger partial charge in [0.25, 0.3) is 0 Å². The maximum Gasteiger partial charge on any atom is 0.187 e. The van der Waals surface area contributed by atoms with Gasteiger partial charge in [-0.25, -0.2) is 0 Å². The topological polar surface area (TPSA) is 9.23 Å². The van der Waals surface area contributed by atoms with Gasteiger partial charge in [-0.05, 0) is 28.7 Å². The van der Waals surface area contributed by atoms with E-state index in [1.165, 1.54) is 63.5 Å². The summed E-state index contributed by atoms with van der Waals surface area (Å²) in [5, 5.41) is 0. The summed E-state index contributed by atoms with van der Waals surface area (Å²) >= 11 is 0. The summed E-state index contributed by atoms with van der Waals surface area (Å²) in [5.41, 5.74) is 2.20. The standard InChI is InChI=1S/C21H48OSi2/c1-9-11-13-15-17-23(18-16-14-12-10-2)22-24(19(3)4,20(5)6)21(7)8/h19-21,23H,9-18H2,1-8H3. The molecule has 0 atom stereocenters.